The molecule has 0 atom stereocenters. The minimum atomic E-state index is 0.293. The highest BCUT2D eigenvalue weighted by atomic mass is 35.5. The van der Waals surface area contributed by atoms with Crippen LogP contribution >= 0.6 is 11.6 Å². The summed E-state index contributed by atoms with van der Waals surface area (Å²) >= 11 is 5.77. The Morgan fingerprint density at radius 1 is 1.20 bits per heavy atom. The predicted octanol–water partition coefficient (Wildman–Crippen LogP) is 2.42. The van der Waals surface area contributed by atoms with Crippen molar-refractivity contribution in [3.05, 3.63) is 52.8 Å². The zero-order valence-electron chi connectivity index (χ0n) is 8.31. The Morgan fingerprint density at radius 3 is 2.73 bits per heavy atom. The fraction of sp³-hybridized carbons (Fsp3) is 0.182. The van der Waals surface area contributed by atoms with E-state index in [1.165, 1.54) is 0 Å². The summed E-state index contributed by atoms with van der Waals surface area (Å²) in [5.74, 6) is 0. The first kappa shape index (κ1) is 10.1. The molecule has 0 spiro atoms. The first-order chi connectivity index (χ1) is 7.24. The number of halogens is 1. The van der Waals surface area contributed by atoms with E-state index in [4.69, 9.17) is 11.6 Å². The van der Waals surface area contributed by atoms with Crippen LogP contribution in [0, 0.1) is 6.92 Å². The van der Waals surface area contributed by atoms with E-state index in [2.05, 4.69) is 15.0 Å². The third-order valence-corrected chi connectivity index (χ3v) is 2.14. The van der Waals surface area contributed by atoms with Crippen LogP contribution in [0.3, 0.4) is 0 Å². The average Bonchev–Trinajstić information content (AvgIpc) is 2.17. The van der Waals surface area contributed by atoms with Gasteiger partial charge in [0, 0.05) is 24.0 Å². The summed E-state index contributed by atoms with van der Waals surface area (Å²) in [6, 6.07) is 7.73. The van der Waals surface area contributed by atoms with Crippen molar-refractivity contribution in [3.8, 4) is 0 Å². The molecule has 0 aliphatic carbocycles. The molecule has 15 heavy (non-hydrogen) atoms. The topological polar surface area (TPSA) is 38.7 Å². The lowest BCUT2D eigenvalue weighted by molar-refractivity contribution is 0.969. The van der Waals surface area contributed by atoms with Gasteiger partial charge in [-0.15, -0.1) is 0 Å². The second-order valence-electron chi connectivity index (χ2n) is 3.27. The lowest BCUT2D eigenvalue weighted by atomic mass is 10.2. The van der Waals surface area contributed by atoms with Crippen molar-refractivity contribution in [2.45, 2.75) is 13.3 Å². The van der Waals surface area contributed by atoms with Gasteiger partial charge in [0.1, 0.15) is 0 Å². The number of rotatable bonds is 2. The normalized spacial score (nSPS) is 10.3. The number of aromatic nitrogens is 3. The van der Waals surface area contributed by atoms with E-state index in [1.807, 2.05) is 31.2 Å². The molecule has 0 amide bonds. The zero-order chi connectivity index (χ0) is 10.7. The third kappa shape index (κ3) is 2.73. The molecule has 76 valence electrons. The maximum Gasteiger partial charge on any atom is 0.222 e. The quantitative estimate of drug-likeness (QED) is 0.729. The van der Waals surface area contributed by atoms with Gasteiger partial charge in [-0.25, -0.2) is 9.97 Å². The number of pyridine rings is 1. The van der Waals surface area contributed by atoms with Crippen LogP contribution in [0.2, 0.25) is 5.28 Å². The van der Waals surface area contributed by atoms with Gasteiger partial charge >= 0.3 is 0 Å². The van der Waals surface area contributed by atoms with Crippen LogP contribution in [0.5, 0.6) is 0 Å². The monoisotopic (exact) mass is 219 g/mol. The molecule has 0 aliphatic rings. The van der Waals surface area contributed by atoms with E-state index in [9.17, 15) is 0 Å². The predicted molar refractivity (Wildman–Crippen MR) is 58.8 cm³/mol. The van der Waals surface area contributed by atoms with Gasteiger partial charge in [-0.3, -0.25) is 4.98 Å². The number of hydrogen-bond acceptors (Lipinski definition) is 3. The largest absolute Gasteiger partial charge is 0.261 e. The molecule has 0 fully saturated rings. The van der Waals surface area contributed by atoms with Gasteiger partial charge < -0.3 is 0 Å². The Kier molecular flexibility index (Phi) is 2.92. The Balaban J connectivity index is 2.25. The van der Waals surface area contributed by atoms with Crippen LogP contribution in [0.1, 0.15) is 17.1 Å². The minimum Gasteiger partial charge on any atom is -0.261 e. The van der Waals surface area contributed by atoms with Crippen molar-refractivity contribution in [3.63, 3.8) is 0 Å². The fourth-order valence-electron chi connectivity index (χ4n) is 1.37. The molecule has 0 radical (unpaired) electrons. The van der Waals surface area contributed by atoms with E-state index in [-0.39, 0.29) is 0 Å². The first-order valence-corrected chi connectivity index (χ1v) is 5.02. The standard InChI is InChI=1S/C11H10ClN3/c1-8-6-10(15-11(12)14-8)7-9-4-2-3-5-13-9/h2-6H,7H2,1H3. The lowest BCUT2D eigenvalue weighted by Gasteiger charge is -2.01. The molecule has 3 nitrogen and oxygen atoms in total. The van der Waals surface area contributed by atoms with E-state index in [0.29, 0.717) is 11.7 Å². The van der Waals surface area contributed by atoms with Crippen LogP contribution in [0.15, 0.2) is 30.5 Å². The van der Waals surface area contributed by atoms with E-state index < -0.39 is 0 Å². The van der Waals surface area contributed by atoms with Crippen molar-refractivity contribution in [2.24, 2.45) is 0 Å². The molecular weight excluding hydrogens is 210 g/mol. The van der Waals surface area contributed by atoms with E-state index in [0.717, 1.165) is 17.1 Å². The first-order valence-electron chi connectivity index (χ1n) is 4.64. The van der Waals surface area contributed by atoms with Gasteiger partial charge in [0.05, 0.1) is 5.69 Å². The zero-order valence-corrected chi connectivity index (χ0v) is 9.07. The SMILES string of the molecule is Cc1cc(Cc2ccccn2)nc(Cl)n1. The smallest absolute Gasteiger partial charge is 0.222 e. The molecule has 2 rings (SSSR count). The molecule has 0 saturated carbocycles. The highest BCUT2D eigenvalue weighted by molar-refractivity contribution is 6.28. The molecule has 2 aromatic rings. The summed E-state index contributed by atoms with van der Waals surface area (Å²) in [7, 11) is 0. The third-order valence-electron chi connectivity index (χ3n) is 1.97. The number of nitrogens with zero attached hydrogens (tertiary/aromatic N) is 3. The Labute approximate surface area is 93.2 Å². The molecule has 4 heteroatoms. The Bertz CT molecular complexity index is 436. The summed E-state index contributed by atoms with van der Waals surface area (Å²) < 4.78 is 0. The maximum absolute atomic E-state index is 5.77. The summed E-state index contributed by atoms with van der Waals surface area (Å²) in [5.41, 5.74) is 2.75. The van der Waals surface area contributed by atoms with Gasteiger partial charge in [-0.05, 0) is 36.7 Å². The van der Waals surface area contributed by atoms with Crippen LogP contribution in [0.4, 0.5) is 0 Å². The summed E-state index contributed by atoms with van der Waals surface area (Å²) in [6.45, 7) is 1.90. The molecule has 0 aromatic carbocycles. The van der Waals surface area contributed by atoms with Crippen LogP contribution in [-0.4, -0.2) is 15.0 Å². The van der Waals surface area contributed by atoms with Crippen molar-refractivity contribution in [1.29, 1.82) is 0 Å². The number of aryl methyl sites for hydroxylation is 1. The highest BCUT2D eigenvalue weighted by Gasteiger charge is 2.01. The Hall–Kier alpha value is -1.48. The van der Waals surface area contributed by atoms with Gasteiger partial charge in [-0.1, -0.05) is 6.07 Å². The van der Waals surface area contributed by atoms with Crippen LogP contribution in [-0.2, 0) is 6.42 Å². The second-order valence-corrected chi connectivity index (χ2v) is 3.61. The van der Waals surface area contributed by atoms with Gasteiger partial charge in [0.25, 0.3) is 0 Å². The number of hydrogen-bond donors (Lipinski definition) is 0. The Morgan fingerprint density at radius 2 is 2.07 bits per heavy atom. The summed E-state index contributed by atoms with van der Waals surface area (Å²) in [6.07, 6.45) is 2.45. The second kappa shape index (κ2) is 4.36. The molecule has 0 saturated heterocycles. The van der Waals surface area contributed by atoms with Crippen molar-refractivity contribution in [1.82, 2.24) is 15.0 Å². The summed E-state index contributed by atoms with van der Waals surface area (Å²) in [5, 5.41) is 0.293. The molecule has 0 unspecified atom stereocenters. The lowest BCUT2D eigenvalue weighted by Crippen LogP contribution is -1.97. The van der Waals surface area contributed by atoms with Gasteiger partial charge in [0.15, 0.2) is 0 Å². The van der Waals surface area contributed by atoms with E-state index >= 15 is 0 Å². The molecule has 0 N–H and O–H groups in total. The maximum atomic E-state index is 5.77. The van der Waals surface area contributed by atoms with Crippen LogP contribution in [0.25, 0.3) is 0 Å². The van der Waals surface area contributed by atoms with Gasteiger partial charge in [0.2, 0.25) is 5.28 Å². The van der Waals surface area contributed by atoms with Crippen LogP contribution < -0.4 is 0 Å². The van der Waals surface area contributed by atoms with E-state index in [1.54, 1.807) is 6.20 Å². The molecule has 0 bridgehead atoms. The summed E-state index contributed by atoms with van der Waals surface area (Å²) in [4.78, 5) is 12.4. The molecule has 2 aromatic heterocycles. The minimum absolute atomic E-state index is 0.293. The fourth-order valence-corrected chi connectivity index (χ4v) is 1.62. The van der Waals surface area contributed by atoms with Crippen molar-refractivity contribution >= 4 is 11.6 Å². The molecule has 2 heterocycles. The van der Waals surface area contributed by atoms with Crippen molar-refractivity contribution in [2.75, 3.05) is 0 Å². The van der Waals surface area contributed by atoms with Crippen molar-refractivity contribution < 1.29 is 0 Å². The molecule has 0 aliphatic heterocycles. The highest BCUT2D eigenvalue weighted by Crippen LogP contribution is 2.09. The average molecular weight is 220 g/mol. The molecular formula is C11H10ClN3. The van der Waals surface area contributed by atoms with Gasteiger partial charge in [-0.2, -0.15) is 0 Å².